The van der Waals surface area contributed by atoms with E-state index in [0.29, 0.717) is 5.96 Å². The molecule has 3 rings (SSSR count). The third-order valence-electron chi connectivity index (χ3n) is 4.90. The van der Waals surface area contributed by atoms with Crippen LogP contribution in [0.15, 0.2) is 29.4 Å². The van der Waals surface area contributed by atoms with Gasteiger partial charge in [0.15, 0.2) is 5.96 Å². The molecule has 0 radical (unpaired) electrons. The summed E-state index contributed by atoms with van der Waals surface area (Å²) in [7, 11) is 0. The van der Waals surface area contributed by atoms with Crippen LogP contribution in [0.3, 0.4) is 0 Å². The summed E-state index contributed by atoms with van der Waals surface area (Å²) in [4.78, 5) is 10.3. The van der Waals surface area contributed by atoms with Gasteiger partial charge < -0.3 is 15.6 Å². The number of likely N-dealkylation sites (tertiary alicyclic amines) is 1. The minimum Gasteiger partial charge on any atom is -0.370 e. The van der Waals surface area contributed by atoms with Gasteiger partial charge in [0.2, 0.25) is 0 Å². The monoisotopic (exact) mass is 312 g/mol. The van der Waals surface area contributed by atoms with E-state index in [2.05, 4.69) is 53.1 Å². The molecule has 0 saturated carbocycles. The van der Waals surface area contributed by atoms with E-state index in [1.165, 1.54) is 34.9 Å². The number of hydrogen-bond donors (Lipinski definition) is 2. The lowest BCUT2D eigenvalue weighted by Crippen LogP contribution is -2.43. The minimum absolute atomic E-state index is 0.714. The Labute approximate surface area is 138 Å². The fourth-order valence-corrected chi connectivity index (χ4v) is 3.57. The van der Waals surface area contributed by atoms with Crippen LogP contribution in [0.1, 0.15) is 37.8 Å². The average molecular weight is 312 g/mol. The van der Waals surface area contributed by atoms with Gasteiger partial charge in [0, 0.05) is 36.7 Å². The second kappa shape index (κ2) is 7.07. The SMILES string of the molecule is CCc1cccc2c(CCN=C(N)N3CCCC(C)C3)c[nH]c12. The maximum atomic E-state index is 6.18. The zero-order valence-corrected chi connectivity index (χ0v) is 14.3. The number of aliphatic imine (C=N–C) groups is 1. The predicted octanol–water partition coefficient (Wildman–Crippen LogP) is 3.32. The van der Waals surface area contributed by atoms with Crippen LogP contribution in [0.4, 0.5) is 0 Å². The van der Waals surface area contributed by atoms with Crippen LogP contribution < -0.4 is 5.73 Å². The van der Waals surface area contributed by atoms with E-state index in [4.69, 9.17) is 5.73 Å². The summed E-state index contributed by atoms with van der Waals surface area (Å²) in [5, 5.41) is 1.32. The van der Waals surface area contributed by atoms with Crippen LogP contribution in [0.2, 0.25) is 0 Å². The molecule has 1 aromatic heterocycles. The second-order valence-electron chi connectivity index (χ2n) is 6.69. The van der Waals surface area contributed by atoms with E-state index in [0.717, 1.165) is 38.4 Å². The van der Waals surface area contributed by atoms with E-state index in [1.807, 2.05) is 0 Å². The van der Waals surface area contributed by atoms with Gasteiger partial charge in [-0.3, -0.25) is 4.99 Å². The lowest BCUT2D eigenvalue weighted by atomic mass is 10.0. The number of piperidine rings is 1. The first-order valence-corrected chi connectivity index (χ1v) is 8.81. The highest BCUT2D eigenvalue weighted by Gasteiger charge is 2.17. The molecule has 0 spiro atoms. The molecule has 3 N–H and O–H groups in total. The summed E-state index contributed by atoms with van der Waals surface area (Å²) in [5.41, 5.74) is 10.2. The van der Waals surface area contributed by atoms with Gasteiger partial charge in [-0.25, -0.2) is 0 Å². The number of aryl methyl sites for hydroxylation is 1. The van der Waals surface area contributed by atoms with Crippen LogP contribution in [-0.2, 0) is 12.8 Å². The topological polar surface area (TPSA) is 57.4 Å². The van der Waals surface area contributed by atoms with Gasteiger partial charge in [0.05, 0.1) is 0 Å². The van der Waals surface area contributed by atoms with Gasteiger partial charge >= 0.3 is 0 Å². The van der Waals surface area contributed by atoms with Gasteiger partial charge in [-0.1, -0.05) is 32.0 Å². The lowest BCUT2D eigenvalue weighted by molar-refractivity contribution is 0.270. The number of H-pyrrole nitrogens is 1. The number of hydrogen-bond acceptors (Lipinski definition) is 1. The van der Waals surface area contributed by atoms with Crippen molar-refractivity contribution in [1.29, 1.82) is 0 Å². The summed E-state index contributed by atoms with van der Waals surface area (Å²) >= 11 is 0. The van der Waals surface area contributed by atoms with E-state index < -0.39 is 0 Å². The Balaban J connectivity index is 1.65. The van der Waals surface area contributed by atoms with Gasteiger partial charge in [-0.15, -0.1) is 0 Å². The predicted molar refractivity (Wildman–Crippen MR) is 97.8 cm³/mol. The lowest BCUT2D eigenvalue weighted by Gasteiger charge is -2.31. The highest BCUT2D eigenvalue weighted by Crippen LogP contribution is 2.22. The number of aromatic amines is 1. The van der Waals surface area contributed by atoms with Crippen molar-refractivity contribution in [3.63, 3.8) is 0 Å². The number of nitrogens with one attached hydrogen (secondary N) is 1. The molecular formula is C19H28N4. The molecule has 0 amide bonds. The smallest absolute Gasteiger partial charge is 0.191 e. The van der Waals surface area contributed by atoms with Crippen LogP contribution in [0.25, 0.3) is 10.9 Å². The van der Waals surface area contributed by atoms with Crippen molar-refractivity contribution in [2.45, 2.75) is 39.5 Å². The fraction of sp³-hybridized carbons (Fsp3) is 0.526. The third kappa shape index (κ3) is 3.52. The van der Waals surface area contributed by atoms with Gasteiger partial charge in [0.1, 0.15) is 0 Å². The number of aromatic nitrogens is 1. The number of fused-ring (bicyclic) bond motifs is 1. The first-order chi connectivity index (χ1) is 11.2. The van der Waals surface area contributed by atoms with Crippen LogP contribution in [0, 0.1) is 5.92 Å². The van der Waals surface area contributed by atoms with E-state index in [1.54, 1.807) is 0 Å². The standard InChI is InChI=1S/C19H28N4/c1-3-15-7-4-8-17-16(12-22-18(15)17)9-10-21-19(20)23-11-5-6-14(2)13-23/h4,7-8,12,14,22H,3,5-6,9-11,13H2,1-2H3,(H2,20,21). The number of rotatable bonds is 4. The first-order valence-electron chi connectivity index (χ1n) is 8.81. The Hall–Kier alpha value is -1.97. The van der Waals surface area contributed by atoms with Crippen LogP contribution in [-0.4, -0.2) is 35.5 Å². The van der Waals surface area contributed by atoms with Crippen molar-refractivity contribution >= 4 is 16.9 Å². The Morgan fingerprint density at radius 3 is 3.04 bits per heavy atom. The van der Waals surface area contributed by atoms with E-state index >= 15 is 0 Å². The van der Waals surface area contributed by atoms with Gasteiger partial charge in [-0.2, -0.15) is 0 Å². The summed E-state index contributed by atoms with van der Waals surface area (Å²) in [5.74, 6) is 1.43. The molecule has 1 aliphatic rings. The first kappa shape index (κ1) is 15.9. The quantitative estimate of drug-likeness (QED) is 0.672. The Morgan fingerprint density at radius 1 is 1.39 bits per heavy atom. The summed E-state index contributed by atoms with van der Waals surface area (Å²) < 4.78 is 0. The van der Waals surface area contributed by atoms with Gasteiger partial charge in [-0.05, 0) is 42.7 Å². The second-order valence-corrected chi connectivity index (χ2v) is 6.69. The van der Waals surface area contributed by atoms with Crippen molar-refractivity contribution in [3.8, 4) is 0 Å². The van der Waals surface area contributed by atoms with Crippen molar-refractivity contribution < 1.29 is 0 Å². The molecule has 23 heavy (non-hydrogen) atoms. The highest BCUT2D eigenvalue weighted by molar-refractivity contribution is 5.86. The summed E-state index contributed by atoms with van der Waals surface area (Å²) in [6.45, 7) is 7.32. The molecule has 2 aromatic rings. The third-order valence-corrected chi connectivity index (χ3v) is 4.90. The Kier molecular flexibility index (Phi) is 4.89. The number of nitrogens with two attached hydrogens (primary N) is 1. The number of guanidine groups is 1. The largest absolute Gasteiger partial charge is 0.370 e. The minimum atomic E-state index is 0.714. The molecule has 0 aliphatic carbocycles. The molecule has 1 atom stereocenters. The molecule has 1 aliphatic heterocycles. The van der Waals surface area contributed by atoms with Crippen molar-refractivity contribution in [2.24, 2.45) is 16.6 Å². The summed E-state index contributed by atoms with van der Waals surface area (Å²) in [6, 6.07) is 6.53. The van der Waals surface area contributed by atoms with E-state index in [-0.39, 0.29) is 0 Å². The molecule has 1 aromatic carbocycles. The zero-order valence-electron chi connectivity index (χ0n) is 14.3. The van der Waals surface area contributed by atoms with Crippen molar-refractivity contribution in [3.05, 3.63) is 35.5 Å². The van der Waals surface area contributed by atoms with Crippen molar-refractivity contribution in [1.82, 2.24) is 9.88 Å². The molecule has 4 heteroatoms. The van der Waals surface area contributed by atoms with Crippen molar-refractivity contribution in [2.75, 3.05) is 19.6 Å². The zero-order chi connectivity index (χ0) is 16.2. The van der Waals surface area contributed by atoms with Gasteiger partial charge in [0.25, 0.3) is 0 Å². The normalized spacial score (nSPS) is 19.5. The highest BCUT2D eigenvalue weighted by atomic mass is 15.3. The van der Waals surface area contributed by atoms with Crippen LogP contribution in [0.5, 0.6) is 0 Å². The molecule has 2 heterocycles. The maximum Gasteiger partial charge on any atom is 0.191 e. The molecule has 124 valence electrons. The molecule has 1 saturated heterocycles. The Morgan fingerprint density at radius 2 is 2.26 bits per heavy atom. The molecule has 0 bridgehead atoms. The molecule has 1 fully saturated rings. The molecular weight excluding hydrogens is 284 g/mol. The summed E-state index contributed by atoms with van der Waals surface area (Å²) in [6.07, 6.45) is 6.63. The molecule has 1 unspecified atom stereocenters. The number of benzene rings is 1. The maximum absolute atomic E-state index is 6.18. The Bertz CT molecular complexity index is 686. The average Bonchev–Trinajstić information content (AvgIpc) is 2.98. The number of nitrogens with zero attached hydrogens (tertiary/aromatic N) is 2. The molecule has 4 nitrogen and oxygen atoms in total. The fourth-order valence-electron chi connectivity index (χ4n) is 3.57. The van der Waals surface area contributed by atoms with E-state index in [9.17, 15) is 0 Å². The number of para-hydroxylation sites is 1. The van der Waals surface area contributed by atoms with Crippen LogP contribution >= 0.6 is 0 Å².